The molecule has 1 heterocycles. The van der Waals surface area contributed by atoms with Crippen molar-refractivity contribution in [1.82, 2.24) is 10.6 Å². The molecule has 1 aliphatic rings. The van der Waals surface area contributed by atoms with Crippen LogP contribution in [0.2, 0.25) is 0 Å². The number of hydrogen-bond donors (Lipinski definition) is 3. The SMILES string of the molecule is CC(C)C[C@H](NC(=O)NC(C)C1CCOC1)C(=O)O. The lowest BCUT2D eigenvalue weighted by molar-refractivity contribution is -0.139. The standard InChI is InChI=1S/C13H24N2O4/c1-8(2)6-11(12(16)17)15-13(18)14-9(3)10-4-5-19-7-10/h8-11H,4-7H2,1-3H3,(H,16,17)(H2,14,15,18)/t9?,10?,11-/m0/s1. The highest BCUT2D eigenvalue weighted by Gasteiger charge is 2.26. The summed E-state index contributed by atoms with van der Waals surface area (Å²) in [6, 6.07) is -1.28. The maximum absolute atomic E-state index is 11.8. The van der Waals surface area contributed by atoms with Gasteiger partial charge in [-0.05, 0) is 25.7 Å². The van der Waals surface area contributed by atoms with Crippen molar-refractivity contribution in [2.75, 3.05) is 13.2 Å². The van der Waals surface area contributed by atoms with Crippen molar-refractivity contribution in [3.8, 4) is 0 Å². The molecule has 1 rings (SSSR count). The zero-order valence-electron chi connectivity index (χ0n) is 11.8. The molecule has 6 heteroatoms. The number of nitrogens with one attached hydrogen (secondary N) is 2. The second-order valence-corrected chi connectivity index (χ2v) is 5.55. The first-order chi connectivity index (χ1) is 8.90. The Kier molecular flexibility index (Phi) is 6.08. The fourth-order valence-corrected chi connectivity index (χ4v) is 2.16. The van der Waals surface area contributed by atoms with Crippen molar-refractivity contribution >= 4 is 12.0 Å². The van der Waals surface area contributed by atoms with E-state index >= 15 is 0 Å². The van der Waals surface area contributed by atoms with Crippen LogP contribution in [0.25, 0.3) is 0 Å². The van der Waals surface area contributed by atoms with Gasteiger partial charge in [0.05, 0.1) is 6.61 Å². The van der Waals surface area contributed by atoms with E-state index in [1.807, 2.05) is 20.8 Å². The van der Waals surface area contributed by atoms with Crippen molar-refractivity contribution in [3.63, 3.8) is 0 Å². The molecule has 19 heavy (non-hydrogen) atoms. The Morgan fingerprint density at radius 1 is 1.32 bits per heavy atom. The summed E-state index contributed by atoms with van der Waals surface area (Å²) in [5.74, 6) is -0.484. The number of carboxylic acid groups (broad SMARTS) is 1. The molecule has 0 aromatic carbocycles. The van der Waals surface area contributed by atoms with Crippen LogP contribution in [0, 0.1) is 11.8 Å². The zero-order chi connectivity index (χ0) is 14.4. The van der Waals surface area contributed by atoms with Crippen molar-refractivity contribution < 1.29 is 19.4 Å². The lowest BCUT2D eigenvalue weighted by Crippen LogP contribution is -2.50. The predicted octanol–water partition coefficient (Wildman–Crippen LogP) is 1.21. The first-order valence-corrected chi connectivity index (χ1v) is 6.77. The Labute approximate surface area is 113 Å². The number of amides is 2. The van der Waals surface area contributed by atoms with Gasteiger partial charge in [0.25, 0.3) is 0 Å². The van der Waals surface area contributed by atoms with Gasteiger partial charge in [0.15, 0.2) is 0 Å². The quantitative estimate of drug-likeness (QED) is 0.678. The zero-order valence-corrected chi connectivity index (χ0v) is 11.8. The minimum Gasteiger partial charge on any atom is -0.480 e. The summed E-state index contributed by atoms with van der Waals surface area (Å²) in [4.78, 5) is 22.8. The summed E-state index contributed by atoms with van der Waals surface area (Å²) in [5.41, 5.74) is 0. The summed E-state index contributed by atoms with van der Waals surface area (Å²) in [7, 11) is 0. The molecule has 0 radical (unpaired) electrons. The molecule has 0 spiro atoms. The summed E-state index contributed by atoms with van der Waals surface area (Å²) < 4.78 is 5.27. The van der Waals surface area contributed by atoms with Gasteiger partial charge in [0, 0.05) is 18.6 Å². The van der Waals surface area contributed by atoms with Gasteiger partial charge in [-0.25, -0.2) is 9.59 Å². The summed E-state index contributed by atoms with van der Waals surface area (Å²) in [5, 5.41) is 14.4. The van der Waals surface area contributed by atoms with E-state index in [0.29, 0.717) is 18.9 Å². The van der Waals surface area contributed by atoms with E-state index in [4.69, 9.17) is 9.84 Å². The summed E-state index contributed by atoms with van der Waals surface area (Å²) in [6.07, 6.45) is 1.35. The smallest absolute Gasteiger partial charge is 0.326 e. The first-order valence-electron chi connectivity index (χ1n) is 6.77. The molecule has 1 fully saturated rings. The molecule has 0 saturated carbocycles. The number of carboxylic acids is 1. The third-order valence-electron chi connectivity index (χ3n) is 3.34. The molecule has 3 atom stereocenters. The highest BCUT2D eigenvalue weighted by atomic mass is 16.5. The van der Waals surface area contributed by atoms with Crippen LogP contribution in [0.1, 0.15) is 33.6 Å². The number of carbonyl (C=O) groups is 2. The van der Waals surface area contributed by atoms with Gasteiger partial charge < -0.3 is 20.5 Å². The number of aliphatic carboxylic acids is 1. The van der Waals surface area contributed by atoms with Crippen LogP contribution in [0.5, 0.6) is 0 Å². The molecule has 0 aromatic rings. The van der Waals surface area contributed by atoms with Gasteiger partial charge in [-0.15, -0.1) is 0 Å². The van der Waals surface area contributed by atoms with E-state index in [9.17, 15) is 9.59 Å². The minimum absolute atomic E-state index is 0.0176. The number of urea groups is 1. The molecule has 2 unspecified atom stereocenters. The van der Waals surface area contributed by atoms with Crippen LogP contribution < -0.4 is 10.6 Å². The predicted molar refractivity (Wildman–Crippen MR) is 70.9 cm³/mol. The van der Waals surface area contributed by atoms with E-state index in [1.54, 1.807) is 0 Å². The molecule has 0 aliphatic carbocycles. The second kappa shape index (κ2) is 7.33. The highest BCUT2D eigenvalue weighted by molar-refractivity contribution is 5.82. The van der Waals surface area contributed by atoms with Gasteiger partial charge in [-0.2, -0.15) is 0 Å². The molecular formula is C13H24N2O4. The van der Waals surface area contributed by atoms with Gasteiger partial charge in [-0.1, -0.05) is 13.8 Å². The van der Waals surface area contributed by atoms with Gasteiger partial charge >= 0.3 is 12.0 Å². The average molecular weight is 272 g/mol. The number of rotatable bonds is 6. The molecule has 1 saturated heterocycles. The molecule has 1 aliphatic heterocycles. The maximum atomic E-state index is 11.8. The van der Waals surface area contributed by atoms with Crippen LogP contribution in [0.4, 0.5) is 4.79 Å². The van der Waals surface area contributed by atoms with Crippen LogP contribution >= 0.6 is 0 Å². The fraction of sp³-hybridized carbons (Fsp3) is 0.846. The number of ether oxygens (including phenoxy) is 1. The molecular weight excluding hydrogens is 248 g/mol. The van der Waals surface area contributed by atoms with Crippen molar-refractivity contribution in [2.45, 2.75) is 45.7 Å². The van der Waals surface area contributed by atoms with Crippen molar-refractivity contribution in [2.24, 2.45) is 11.8 Å². The van der Waals surface area contributed by atoms with E-state index in [-0.39, 0.29) is 12.0 Å². The van der Waals surface area contributed by atoms with Crippen LogP contribution in [-0.4, -0.2) is 42.4 Å². The summed E-state index contributed by atoms with van der Waals surface area (Å²) >= 11 is 0. The van der Waals surface area contributed by atoms with Gasteiger partial charge in [0.1, 0.15) is 6.04 Å². The van der Waals surface area contributed by atoms with Gasteiger partial charge in [0.2, 0.25) is 0 Å². The van der Waals surface area contributed by atoms with Crippen molar-refractivity contribution in [3.05, 3.63) is 0 Å². The summed E-state index contributed by atoms with van der Waals surface area (Å²) in [6.45, 7) is 7.14. The van der Waals surface area contributed by atoms with Crippen LogP contribution in [0.15, 0.2) is 0 Å². The molecule has 0 aromatic heterocycles. The molecule has 3 N–H and O–H groups in total. The van der Waals surface area contributed by atoms with E-state index in [2.05, 4.69) is 10.6 Å². The van der Waals surface area contributed by atoms with Crippen molar-refractivity contribution in [1.29, 1.82) is 0 Å². The van der Waals surface area contributed by atoms with E-state index in [1.165, 1.54) is 0 Å². The monoisotopic (exact) mass is 272 g/mol. The molecule has 0 bridgehead atoms. The molecule has 110 valence electrons. The lowest BCUT2D eigenvalue weighted by atomic mass is 10.0. The number of hydrogen-bond acceptors (Lipinski definition) is 3. The number of carbonyl (C=O) groups excluding carboxylic acids is 1. The Balaban J connectivity index is 2.41. The Morgan fingerprint density at radius 2 is 2.00 bits per heavy atom. The highest BCUT2D eigenvalue weighted by Crippen LogP contribution is 2.16. The second-order valence-electron chi connectivity index (χ2n) is 5.55. The maximum Gasteiger partial charge on any atom is 0.326 e. The Bertz CT molecular complexity index is 314. The molecule has 2 amide bonds. The topological polar surface area (TPSA) is 87.7 Å². The molecule has 6 nitrogen and oxygen atoms in total. The average Bonchev–Trinajstić information content (AvgIpc) is 2.80. The Morgan fingerprint density at radius 3 is 2.47 bits per heavy atom. The minimum atomic E-state index is -0.999. The van der Waals surface area contributed by atoms with Crippen LogP contribution in [0.3, 0.4) is 0 Å². The normalized spacial score (nSPS) is 22.0. The van der Waals surface area contributed by atoms with Crippen LogP contribution in [-0.2, 0) is 9.53 Å². The largest absolute Gasteiger partial charge is 0.480 e. The lowest BCUT2D eigenvalue weighted by Gasteiger charge is -2.22. The third-order valence-corrected chi connectivity index (χ3v) is 3.34. The Hall–Kier alpha value is -1.30. The fourth-order valence-electron chi connectivity index (χ4n) is 2.16. The van der Waals surface area contributed by atoms with E-state index in [0.717, 1.165) is 13.0 Å². The van der Waals surface area contributed by atoms with E-state index < -0.39 is 18.0 Å². The third kappa shape index (κ3) is 5.46. The first kappa shape index (κ1) is 15.8. The van der Waals surface area contributed by atoms with Gasteiger partial charge in [-0.3, -0.25) is 0 Å².